The first-order chi connectivity index (χ1) is 14.9. The summed E-state index contributed by atoms with van der Waals surface area (Å²) in [5.74, 6) is 0.640. The average molecular weight is 383 g/mol. The first kappa shape index (κ1) is 16.8. The summed E-state index contributed by atoms with van der Waals surface area (Å²) in [6.07, 6.45) is 3.75. The summed E-state index contributed by atoms with van der Waals surface area (Å²) in [7, 11) is 0. The van der Waals surface area contributed by atoms with E-state index in [1.807, 2.05) is 36.7 Å². The average Bonchev–Trinajstić information content (AvgIpc) is 2.84. The fourth-order valence-corrected chi connectivity index (χ4v) is 4.12. The zero-order valence-electron chi connectivity index (χ0n) is 16.2. The maximum absolute atomic E-state index is 4.96. The predicted molar refractivity (Wildman–Crippen MR) is 123 cm³/mol. The molecule has 0 bridgehead atoms. The Hall–Kier alpha value is -4.11. The van der Waals surface area contributed by atoms with E-state index in [0.29, 0.717) is 5.82 Å². The molecule has 6 rings (SSSR count). The second kappa shape index (κ2) is 6.75. The second-order valence-corrected chi connectivity index (χ2v) is 7.35. The van der Waals surface area contributed by atoms with E-state index in [-0.39, 0.29) is 0 Å². The molecule has 0 atom stereocenters. The number of pyridine rings is 1. The Morgan fingerprint density at radius 3 is 2.03 bits per heavy atom. The highest BCUT2D eigenvalue weighted by molar-refractivity contribution is 6.22. The van der Waals surface area contributed by atoms with Crippen LogP contribution in [0.4, 0.5) is 0 Å². The molecule has 30 heavy (non-hydrogen) atoms. The Kier molecular flexibility index (Phi) is 3.78. The molecule has 0 N–H and O–H groups in total. The Bertz CT molecular complexity index is 1510. The first-order valence-corrected chi connectivity index (χ1v) is 9.96. The van der Waals surface area contributed by atoms with Gasteiger partial charge in [-0.2, -0.15) is 0 Å². The van der Waals surface area contributed by atoms with Crippen molar-refractivity contribution in [1.29, 1.82) is 0 Å². The minimum Gasteiger partial charge on any atom is -0.244 e. The van der Waals surface area contributed by atoms with Gasteiger partial charge in [-0.3, -0.25) is 0 Å². The molecule has 0 fully saturated rings. The lowest BCUT2D eigenvalue weighted by Gasteiger charge is -2.12. The van der Waals surface area contributed by atoms with Crippen LogP contribution in [-0.4, -0.2) is 15.0 Å². The van der Waals surface area contributed by atoms with Crippen LogP contribution < -0.4 is 0 Å². The van der Waals surface area contributed by atoms with Crippen LogP contribution in [-0.2, 0) is 0 Å². The topological polar surface area (TPSA) is 38.7 Å². The summed E-state index contributed by atoms with van der Waals surface area (Å²) >= 11 is 0. The van der Waals surface area contributed by atoms with Crippen molar-refractivity contribution in [3.8, 4) is 22.6 Å². The molecule has 0 aliphatic rings. The highest BCUT2D eigenvalue weighted by Gasteiger charge is 2.14. The number of rotatable bonds is 2. The van der Waals surface area contributed by atoms with Gasteiger partial charge in [0.1, 0.15) is 5.69 Å². The Labute approximate surface area is 173 Å². The molecule has 0 aliphatic heterocycles. The Morgan fingerprint density at radius 2 is 1.20 bits per heavy atom. The van der Waals surface area contributed by atoms with E-state index in [2.05, 4.69) is 76.7 Å². The van der Waals surface area contributed by atoms with Gasteiger partial charge in [0, 0.05) is 34.1 Å². The Morgan fingerprint density at radius 1 is 0.500 bits per heavy atom. The third kappa shape index (κ3) is 2.64. The van der Waals surface area contributed by atoms with Crippen LogP contribution in [0.3, 0.4) is 0 Å². The molecule has 0 saturated heterocycles. The quantitative estimate of drug-likeness (QED) is 0.314. The molecule has 3 nitrogen and oxygen atoms in total. The molecule has 4 aromatic carbocycles. The predicted octanol–water partition coefficient (Wildman–Crippen LogP) is 6.67. The maximum atomic E-state index is 4.96. The lowest BCUT2D eigenvalue weighted by atomic mass is 9.97. The van der Waals surface area contributed by atoms with Crippen LogP contribution in [0, 0.1) is 0 Å². The van der Waals surface area contributed by atoms with E-state index >= 15 is 0 Å². The van der Waals surface area contributed by atoms with Crippen molar-refractivity contribution >= 4 is 32.4 Å². The van der Waals surface area contributed by atoms with Crippen LogP contribution in [0.1, 0.15) is 0 Å². The number of nitrogens with zero attached hydrogens (tertiary/aromatic N) is 3. The minimum atomic E-state index is 0.640. The van der Waals surface area contributed by atoms with Crippen molar-refractivity contribution in [2.75, 3.05) is 0 Å². The minimum absolute atomic E-state index is 0.640. The van der Waals surface area contributed by atoms with E-state index in [0.717, 1.165) is 33.1 Å². The summed E-state index contributed by atoms with van der Waals surface area (Å²) in [6, 6.07) is 31.2. The van der Waals surface area contributed by atoms with Crippen LogP contribution >= 0.6 is 0 Å². The van der Waals surface area contributed by atoms with E-state index in [9.17, 15) is 0 Å². The van der Waals surface area contributed by atoms with Gasteiger partial charge in [-0.1, -0.05) is 84.9 Å². The van der Waals surface area contributed by atoms with Crippen molar-refractivity contribution in [1.82, 2.24) is 15.0 Å². The molecule has 3 heteroatoms. The summed E-state index contributed by atoms with van der Waals surface area (Å²) in [6.45, 7) is 0. The fraction of sp³-hybridized carbons (Fsp3) is 0. The standard InChI is InChI=1S/C27H17N3/c1-2-8-18(9-3-1)20-16-28-27(29-17-20)26-23-15-14-19-10-4-5-11-21(19)25(23)22-12-6-7-13-24(22)30-26/h1-17H. The highest BCUT2D eigenvalue weighted by Crippen LogP contribution is 2.36. The maximum Gasteiger partial charge on any atom is 0.178 e. The lowest BCUT2D eigenvalue weighted by Crippen LogP contribution is -1.95. The van der Waals surface area contributed by atoms with E-state index in [4.69, 9.17) is 4.98 Å². The fourth-order valence-electron chi connectivity index (χ4n) is 4.12. The van der Waals surface area contributed by atoms with Crippen molar-refractivity contribution in [3.05, 3.63) is 103 Å². The summed E-state index contributed by atoms with van der Waals surface area (Å²) < 4.78 is 0. The molecule has 0 unspecified atom stereocenters. The van der Waals surface area contributed by atoms with Gasteiger partial charge in [0.25, 0.3) is 0 Å². The SMILES string of the molecule is c1ccc(-c2cnc(-c3nc4ccccc4c4c3ccc3ccccc34)nc2)cc1. The van der Waals surface area contributed by atoms with Gasteiger partial charge in [0.05, 0.1) is 5.52 Å². The first-order valence-electron chi connectivity index (χ1n) is 9.96. The van der Waals surface area contributed by atoms with E-state index in [1.165, 1.54) is 16.2 Å². The molecule has 0 radical (unpaired) electrons. The molecule has 6 aromatic rings. The highest BCUT2D eigenvalue weighted by atomic mass is 14.9. The molecular weight excluding hydrogens is 366 g/mol. The molecule has 0 amide bonds. The van der Waals surface area contributed by atoms with Crippen LogP contribution in [0.25, 0.3) is 55.1 Å². The number of aromatic nitrogens is 3. The van der Waals surface area contributed by atoms with Crippen molar-refractivity contribution < 1.29 is 0 Å². The number of fused-ring (bicyclic) bond motifs is 5. The van der Waals surface area contributed by atoms with Gasteiger partial charge in [0.15, 0.2) is 5.82 Å². The monoisotopic (exact) mass is 383 g/mol. The number of hydrogen-bond donors (Lipinski definition) is 0. The normalized spacial score (nSPS) is 11.3. The Balaban J connectivity index is 1.64. The second-order valence-electron chi connectivity index (χ2n) is 7.35. The van der Waals surface area contributed by atoms with Crippen molar-refractivity contribution in [3.63, 3.8) is 0 Å². The van der Waals surface area contributed by atoms with Crippen LogP contribution in [0.15, 0.2) is 103 Å². The molecule has 0 saturated carbocycles. The molecular formula is C27H17N3. The molecule has 2 aromatic heterocycles. The van der Waals surface area contributed by atoms with Gasteiger partial charge >= 0.3 is 0 Å². The van der Waals surface area contributed by atoms with Gasteiger partial charge in [-0.25, -0.2) is 15.0 Å². The van der Waals surface area contributed by atoms with Crippen molar-refractivity contribution in [2.24, 2.45) is 0 Å². The van der Waals surface area contributed by atoms with Crippen molar-refractivity contribution in [2.45, 2.75) is 0 Å². The number of para-hydroxylation sites is 1. The largest absolute Gasteiger partial charge is 0.244 e. The zero-order valence-corrected chi connectivity index (χ0v) is 16.2. The molecule has 0 aliphatic carbocycles. The van der Waals surface area contributed by atoms with Crippen LogP contribution in [0.5, 0.6) is 0 Å². The van der Waals surface area contributed by atoms with Gasteiger partial charge in [-0.05, 0) is 22.4 Å². The molecule has 0 spiro atoms. The van der Waals surface area contributed by atoms with Gasteiger partial charge in [0.2, 0.25) is 0 Å². The zero-order chi connectivity index (χ0) is 19.9. The van der Waals surface area contributed by atoms with Gasteiger partial charge in [-0.15, -0.1) is 0 Å². The smallest absolute Gasteiger partial charge is 0.178 e. The summed E-state index contributed by atoms with van der Waals surface area (Å²) in [5, 5.41) is 5.85. The molecule has 140 valence electrons. The molecule has 2 heterocycles. The summed E-state index contributed by atoms with van der Waals surface area (Å²) in [5.41, 5.74) is 3.86. The van der Waals surface area contributed by atoms with E-state index < -0.39 is 0 Å². The number of benzene rings is 4. The third-order valence-electron chi connectivity index (χ3n) is 5.56. The van der Waals surface area contributed by atoms with Crippen LogP contribution in [0.2, 0.25) is 0 Å². The third-order valence-corrected chi connectivity index (χ3v) is 5.56. The lowest BCUT2D eigenvalue weighted by molar-refractivity contribution is 1.16. The van der Waals surface area contributed by atoms with Gasteiger partial charge < -0.3 is 0 Å². The summed E-state index contributed by atoms with van der Waals surface area (Å²) in [4.78, 5) is 14.3. The van der Waals surface area contributed by atoms with E-state index in [1.54, 1.807) is 0 Å². The number of hydrogen-bond acceptors (Lipinski definition) is 3.